The average molecular weight is 358 g/mol. The Hall–Kier alpha value is -2.38. The number of hydrogen-bond acceptors (Lipinski definition) is 5. The van der Waals surface area contributed by atoms with Crippen LogP contribution in [0.15, 0.2) is 29.1 Å². The summed E-state index contributed by atoms with van der Waals surface area (Å²) < 4.78 is 7.03. The Morgan fingerprint density at radius 3 is 2.65 bits per heavy atom. The molecule has 7 nitrogen and oxygen atoms in total. The summed E-state index contributed by atoms with van der Waals surface area (Å²) >= 11 is 0. The third-order valence-electron chi connectivity index (χ3n) is 5.06. The molecule has 3 N–H and O–H groups in total. The lowest BCUT2D eigenvalue weighted by Gasteiger charge is -2.30. The number of fused-ring (bicyclic) bond motifs is 1. The number of carbonyl (C=O) groups is 1. The van der Waals surface area contributed by atoms with Gasteiger partial charge in [0.25, 0.3) is 11.5 Å². The van der Waals surface area contributed by atoms with Gasteiger partial charge in [0.15, 0.2) is 0 Å². The first kappa shape index (κ1) is 18.4. The maximum Gasteiger partial charge on any atom is 0.251 e. The van der Waals surface area contributed by atoms with Crippen LogP contribution in [-0.4, -0.2) is 55.2 Å². The highest BCUT2D eigenvalue weighted by molar-refractivity contribution is 6.06. The normalized spacial score (nSPS) is 16.0. The SMILES string of the molecule is CNC(=O)c1cc(=O)n(CCN2CCC(N)CC2)c2cc(OC)ccc12. The molecule has 1 aliphatic rings. The van der Waals surface area contributed by atoms with E-state index >= 15 is 0 Å². The second-order valence-electron chi connectivity index (χ2n) is 6.69. The molecular weight excluding hydrogens is 332 g/mol. The third kappa shape index (κ3) is 3.73. The molecule has 0 aliphatic carbocycles. The van der Waals surface area contributed by atoms with Crippen molar-refractivity contribution < 1.29 is 9.53 Å². The number of amides is 1. The van der Waals surface area contributed by atoms with Gasteiger partial charge in [-0.1, -0.05) is 0 Å². The third-order valence-corrected chi connectivity index (χ3v) is 5.06. The lowest BCUT2D eigenvalue weighted by atomic mass is 10.1. The van der Waals surface area contributed by atoms with Crippen LogP contribution in [0.4, 0.5) is 0 Å². The van der Waals surface area contributed by atoms with Gasteiger partial charge < -0.3 is 25.3 Å². The van der Waals surface area contributed by atoms with Crippen LogP contribution in [-0.2, 0) is 6.54 Å². The summed E-state index contributed by atoms with van der Waals surface area (Å²) in [5.41, 5.74) is 6.87. The monoisotopic (exact) mass is 358 g/mol. The van der Waals surface area contributed by atoms with Crippen LogP contribution in [0, 0.1) is 0 Å². The molecule has 7 heteroatoms. The summed E-state index contributed by atoms with van der Waals surface area (Å²) in [4.78, 5) is 27.2. The van der Waals surface area contributed by atoms with Gasteiger partial charge in [0.2, 0.25) is 0 Å². The number of likely N-dealkylation sites (tertiary alicyclic amines) is 1. The molecular formula is C19H26N4O3. The Morgan fingerprint density at radius 1 is 1.27 bits per heavy atom. The van der Waals surface area contributed by atoms with E-state index in [-0.39, 0.29) is 17.5 Å². The number of methoxy groups -OCH3 is 1. The standard InChI is InChI=1S/C19H26N4O3/c1-21-19(25)16-12-18(24)23(10-9-22-7-5-13(20)6-8-22)17-11-14(26-2)3-4-15(16)17/h3-4,11-13H,5-10,20H2,1-2H3,(H,21,25). The maximum atomic E-state index is 12.7. The van der Waals surface area contributed by atoms with E-state index in [1.54, 1.807) is 24.8 Å². The molecule has 3 rings (SSSR count). The average Bonchev–Trinajstić information content (AvgIpc) is 2.67. The zero-order valence-electron chi connectivity index (χ0n) is 15.3. The Labute approximate surface area is 152 Å². The minimum absolute atomic E-state index is 0.182. The largest absolute Gasteiger partial charge is 0.497 e. The van der Waals surface area contributed by atoms with Gasteiger partial charge in [-0.05, 0) is 38.1 Å². The minimum Gasteiger partial charge on any atom is -0.497 e. The molecule has 140 valence electrons. The number of rotatable bonds is 5. The van der Waals surface area contributed by atoms with Gasteiger partial charge in [-0.3, -0.25) is 9.59 Å². The molecule has 2 heterocycles. The summed E-state index contributed by atoms with van der Waals surface area (Å²) in [5, 5.41) is 3.34. The van der Waals surface area contributed by atoms with Gasteiger partial charge in [0.1, 0.15) is 5.75 Å². The van der Waals surface area contributed by atoms with Crippen molar-refractivity contribution in [1.82, 2.24) is 14.8 Å². The molecule has 1 aliphatic heterocycles. The molecule has 0 radical (unpaired) electrons. The number of hydrogen-bond donors (Lipinski definition) is 2. The number of pyridine rings is 1. The van der Waals surface area contributed by atoms with E-state index in [4.69, 9.17) is 10.5 Å². The number of aromatic nitrogens is 1. The minimum atomic E-state index is -0.269. The fourth-order valence-corrected chi connectivity index (χ4v) is 3.46. The molecule has 0 spiro atoms. The topological polar surface area (TPSA) is 89.6 Å². The molecule has 1 amide bonds. The van der Waals surface area contributed by atoms with Gasteiger partial charge >= 0.3 is 0 Å². The van der Waals surface area contributed by atoms with Crippen LogP contribution in [0.3, 0.4) is 0 Å². The lowest BCUT2D eigenvalue weighted by Crippen LogP contribution is -2.41. The summed E-state index contributed by atoms with van der Waals surface area (Å²) in [7, 11) is 3.15. The number of nitrogens with two attached hydrogens (primary N) is 1. The maximum absolute atomic E-state index is 12.7. The van der Waals surface area contributed by atoms with Crippen molar-refractivity contribution in [2.75, 3.05) is 33.8 Å². The van der Waals surface area contributed by atoms with Crippen molar-refractivity contribution in [3.63, 3.8) is 0 Å². The van der Waals surface area contributed by atoms with Crippen LogP contribution in [0.5, 0.6) is 5.75 Å². The quantitative estimate of drug-likeness (QED) is 0.825. The van der Waals surface area contributed by atoms with E-state index in [0.29, 0.717) is 23.4 Å². The molecule has 0 bridgehead atoms. The van der Waals surface area contributed by atoms with Gasteiger partial charge in [-0.2, -0.15) is 0 Å². The first-order valence-electron chi connectivity index (χ1n) is 8.95. The van der Waals surface area contributed by atoms with Crippen LogP contribution in [0.1, 0.15) is 23.2 Å². The van der Waals surface area contributed by atoms with Crippen molar-refractivity contribution in [2.45, 2.75) is 25.4 Å². The van der Waals surface area contributed by atoms with E-state index in [1.807, 2.05) is 12.1 Å². The number of ether oxygens (including phenoxy) is 1. The Bertz CT molecular complexity index is 854. The van der Waals surface area contributed by atoms with Crippen LogP contribution in [0.2, 0.25) is 0 Å². The number of nitrogens with zero attached hydrogens (tertiary/aromatic N) is 2. The van der Waals surface area contributed by atoms with Gasteiger partial charge in [0, 0.05) is 43.7 Å². The Morgan fingerprint density at radius 2 is 2.00 bits per heavy atom. The van der Waals surface area contributed by atoms with Crippen molar-refractivity contribution in [3.8, 4) is 5.75 Å². The van der Waals surface area contributed by atoms with Crippen molar-refractivity contribution in [1.29, 1.82) is 0 Å². The molecule has 1 aromatic carbocycles. The zero-order chi connectivity index (χ0) is 18.7. The van der Waals surface area contributed by atoms with E-state index in [2.05, 4.69) is 10.2 Å². The van der Waals surface area contributed by atoms with Crippen molar-refractivity contribution in [2.24, 2.45) is 5.73 Å². The highest BCUT2D eigenvalue weighted by Crippen LogP contribution is 2.23. The van der Waals surface area contributed by atoms with Crippen LogP contribution >= 0.6 is 0 Å². The second kappa shape index (κ2) is 7.88. The smallest absolute Gasteiger partial charge is 0.251 e. The van der Waals surface area contributed by atoms with Crippen molar-refractivity contribution >= 4 is 16.8 Å². The first-order valence-corrected chi connectivity index (χ1v) is 8.95. The summed E-state index contributed by atoms with van der Waals surface area (Å²) in [6.45, 7) is 3.24. The number of piperidine rings is 1. The predicted octanol–water partition coefficient (Wildman–Crippen LogP) is 0.793. The second-order valence-corrected chi connectivity index (χ2v) is 6.69. The molecule has 2 aromatic rings. The molecule has 1 fully saturated rings. The Balaban J connectivity index is 1.97. The fraction of sp³-hybridized carbons (Fsp3) is 0.474. The lowest BCUT2D eigenvalue weighted by molar-refractivity contribution is 0.0964. The molecule has 1 aromatic heterocycles. The first-order chi connectivity index (χ1) is 12.5. The van der Waals surface area contributed by atoms with Gasteiger partial charge in [-0.25, -0.2) is 0 Å². The zero-order valence-corrected chi connectivity index (χ0v) is 15.3. The number of carbonyl (C=O) groups excluding carboxylic acids is 1. The number of benzene rings is 1. The highest BCUT2D eigenvalue weighted by atomic mass is 16.5. The van der Waals surface area contributed by atoms with Crippen LogP contribution in [0.25, 0.3) is 10.9 Å². The van der Waals surface area contributed by atoms with E-state index in [9.17, 15) is 9.59 Å². The summed E-state index contributed by atoms with van der Waals surface area (Å²) in [5.74, 6) is 0.387. The molecule has 0 atom stereocenters. The molecule has 0 saturated carbocycles. The van der Waals surface area contributed by atoms with E-state index < -0.39 is 0 Å². The van der Waals surface area contributed by atoms with E-state index in [1.165, 1.54) is 6.07 Å². The highest BCUT2D eigenvalue weighted by Gasteiger charge is 2.18. The van der Waals surface area contributed by atoms with Gasteiger partial charge in [-0.15, -0.1) is 0 Å². The summed E-state index contributed by atoms with van der Waals surface area (Å²) in [6, 6.07) is 7.14. The molecule has 0 unspecified atom stereocenters. The van der Waals surface area contributed by atoms with Crippen LogP contribution < -0.4 is 21.3 Å². The van der Waals surface area contributed by atoms with Crippen molar-refractivity contribution in [3.05, 3.63) is 40.2 Å². The summed E-state index contributed by atoms with van der Waals surface area (Å²) in [6.07, 6.45) is 1.97. The molecule has 1 saturated heterocycles. The Kier molecular flexibility index (Phi) is 5.58. The number of nitrogens with one attached hydrogen (secondary N) is 1. The van der Waals surface area contributed by atoms with Gasteiger partial charge in [0.05, 0.1) is 18.2 Å². The molecule has 26 heavy (non-hydrogen) atoms. The fourth-order valence-electron chi connectivity index (χ4n) is 3.46. The predicted molar refractivity (Wildman–Crippen MR) is 102 cm³/mol. The van der Waals surface area contributed by atoms with E-state index in [0.717, 1.165) is 37.9 Å².